The average molecular weight is 386 g/mol. The standard InChI is InChI=1S/C20H22N2O6/c1-13-6-4-9-16(19(13)25)20(26)28-12-18(24)22(2)11-17(23)21-14-7-5-8-15(10-14)27-3/h4-10,25H,11-12H2,1-3H3,(H,21,23). The first-order valence-corrected chi connectivity index (χ1v) is 8.45. The maximum absolute atomic E-state index is 12.1. The van der Waals surface area contributed by atoms with Crippen LogP contribution in [0.15, 0.2) is 42.5 Å². The van der Waals surface area contributed by atoms with Gasteiger partial charge in [0, 0.05) is 18.8 Å². The number of methoxy groups -OCH3 is 1. The second-order valence-electron chi connectivity index (χ2n) is 6.08. The van der Waals surface area contributed by atoms with Crippen LogP contribution in [-0.4, -0.2) is 55.1 Å². The summed E-state index contributed by atoms with van der Waals surface area (Å²) in [6.45, 7) is 0.879. The van der Waals surface area contributed by atoms with Crippen molar-refractivity contribution in [1.82, 2.24) is 4.90 Å². The van der Waals surface area contributed by atoms with Crippen molar-refractivity contribution in [2.24, 2.45) is 0 Å². The number of nitrogens with zero attached hydrogens (tertiary/aromatic N) is 1. The van der Waals surface area contributed by atoms with Crippen LogP contribution in [0.3, 0.4) is 0 Å². The van der Waals surface area contributed by atoms with Gasteiger partial charge in [0.1, 0.15) is 17.1 Å². The van der Waals surface area contributed by atoms with Crippen LogP contribution in [0.25, 0.3) is 0 Å². The summed E-state index contributed by atoms with van der Waals surface area (Å²) < 4.78 is 10.0. The third-order valence-corrected chi connectivity index (χ3v) is 3.94. The lowest BCUT2D eigenvalue weighted by atomic mass is 10.1. The molecule has 0 aliphatic heterocycles. The van der Waals surface area contributed by atoms with Gasteiger partial charge in [0.05, 0.1) is 13.7 Å². The van der Waals surface area contributed by atoms with E-state index in [1.54, 1.807) is 43.3 Å². The third kappa shape index (κ3) is 5.47. The molecular formula is C20H22N2O6. The number of benzene rings is 2. The Hall–Kier alpha value is -3.55. The molecule has 0 fully saturated rings. The van der Waals surface area contributed by atoms with Crippen LogP contribution in [0.1, 0.15) is 15.9 Å². The molecule has 8 heteroatoms. The molecule has 2 aromatic carbocycles. The van der Waals surface area contributed by atoms with E-state index in [1.165, 1.54) is 20.2 Å². The number of esters is 1. The van der Waals surface area contributed by atoms with E-state index in [2.05, 4.69) is 5.32 Å². The first kappa shape index (κ1) is 20.8. The van der Waals surface area contributed by atoms with Gasteiger partial charge in [0.2, 0.25) is 5.91 Å². The molecule has 0 aromatic heterocycles. The molecule has 0 saturated carbocycles. The zero-order valence-corrected chi connectivity index (χ0v) is 15.9. The van der Waals surface area contributed by atoms with Gasteiger partial charge in [-0.25, -0.2) is 4.79 Å². The number of aryl methyl sites for hydroxylation is 1. The first-order valence-electron chi connectivity index (χ1n) is 8.45. The van der Waals surface area contributed by atoms with E-state index >= 15 is 0 Å². The van der Waals surface area contributed by atoms with Crippen LogP contribution < -0.4 is 10.1 Å². The lowest BCUT2D eigenvalue weighted by Crippen LogP contribution is -2.37. The maximum atomic E-state index is 12.1. The summed E-state index contributed by atoms with van der Waals surface area (Å²) in [4.78, 5) is 37.3. The van der Waals surface area contributed by atoms with Crippen molar-refractivity contribution in [2.75, 3.05) is 32.6 Å². The van der Waals surface area contributed by atoms with Crippen molar-refractivity contribution in [3.05, 3.63) is 53.6 Å². The van der Waals surface area contributed by atoms with Crippen molar-refractivity contribution in [2.45, 2.75) is 6.92 Å². The Morgan fingerprint density at radius 3 is 2.57 bits per heavy atom. The predicted molar refractivity (Wildman–Crippen MR) is 102 cm³/mol. The molecule has 148 valence electrons. The number of anilines is 1. The van der Waals surface area contributed by atoms with Gasteiger partial charge in [-0.15, -0.1) is 0 Å². The Balaban J connectivity index is 1.85. The molecule has 2 N–H and O–H groups in total. The number of likely N-dealkylation sites (N-methyl/N-ethyl adjacent to an activating group) is 1. The van der Waals surface area contributed by atoms with Gasteiger partial charge in [-0.2, -0.15) is 0 Å². The van der Waals surface area contributed by atoms with Crippen LogP contribution in [0.4, 0.5) is 5.69 Å². The van der Waals surface area contributed by atoms with Crippen molar-refractivity contribution in [3.8, 4) is 11.5 Å². The molecule has 0 aliphatic rings. The van der Waals surface area contributed by atoms with Gasteiger partial charge in [-0.3, -0.25) is 9.59 Å². The average Bonchev–Trinajstić information content (AvgIpc) is 2.67. The molecule has 0 aliphatic carbocycles. The monoisotopic (exact) mass is 386 g/mol. The van der Waals surface area contributed by atoms with E-state index in [0.717, 1.165) is 4.90 Å². The summed E-state index contributed by atoms with van der Waals surface area (Å²) >= 11 is 0. The maximum Gasteiger partial charge on any atom is 0.342 e. The van der Waals surface area contributed by atoms with Gasteiger partial charge < -0.3 is 24.8 Å². The number of carbonyl (C=O) groups excluding carboxylic acids is 3. The van der Waals surface area contributed by atoms with Gasteiger partial charge in [0.25, 0.3) is 5.91 Å². The van der Waals surface area contributed by atoms with Crippen LogP contribution >= 0.6 is 0 Å². The normalized spacial score (nSPS) is 10.1. The number of nitrogens with one attached hydrogen (secondary N) is 1. The minimum atomic E-state index is -0.816. The summed E-state index contributed by atoms with van der Waals surface area (Å²) in [6.07, 6.45) is 0. The molecule has 28 heavy (non-hydrogen) atoms. The number of aromatic hydroxyl groups is 1. The highest BCUT2D eigenvalue weighted by atomic mass is 16.5. The Morgan fingerprint density at radius 2 is 1.86 bits per heavy atom. The number of phenols is 1. The molecule has 2 amide bonds. The number of hydrogen-bond acceptors (Lipinski definition) is 6. The smallest absolute Gasteiger partial charge is 0.342 e. The Kier molecular flexibility index (Phi) is 6.97. The van der Waals surface area contributed by atoms with Crippen LogP contribution in [0.5, 0.6) is 11.5 Å². The number of ether oxygens (including phenoxy) is 2. The highest BCUT2D eigenvalue weighted by molar-refractivity contribution is 5.96. The minimum Gasteiger partial charge on any atom is -0.507 e. The number of rotatable bonds is 7. The van der Waals surface area contributed by atoms with E-state index in [4.69, 9.17) is 9.47 Å². The number of para-hydroxylation sites is 1. The topological polar surface area (TPSA) is 105 Å². The molecular weight excluding hydrogens is 364 g/mol. The Labute approximate surface area is 162 Å². The number of carbonyl (C=O) groups is 3. The zero-order chi connectivity index (χ0) is 20.7. The molecule has 0 atom stereocenters. The first-order chi connectivity index (χ1) is 13.3. The number of hydrogen-bond donors (Lipinski definition) is 2. The lowest BCUT2D eigenvalue weighted by Gasteiger charge is -2.17. The second-order valence-corrected chi connectivity index (χ2v) is 6.08. The van der Waals surface area contributed by atoms with Gasteiger partial charge in [-0.1, -0.05) is 18.2 Å². The van der Waals surface area contributed by atoms with Gasteiger partial charge >= 0.3 is 5.97 Å². The fourth-order valence-electron chi connectivity index (χ4n) is 2.34. The van der Waals surface area contributed by atoms with Crippen LogP contribution in [-0.2, 0) is 14.3 Å². The van der Waals surface area contributed by atoms with Crippen LogP contribution in [0, 0.1) is 6.92 Å². The lowest BCUT2D eigenvalue weighted by molar-refractivity contribution is -0.136. The highest BCUT2D eigenvalue weighted by Gasteiger charge is 2.18. The van der Waals surface area contributed by atoms with Crippen molar-refractivity contribution >= 4 is 23.5 Å². The molecule has 8 nitrogen and oxygen atoms in total. The molecule has 0 spiro atoms. The summed E-state index contributed by atoms with van der Waals surface area (Å²) in [5, 5.41) is 12.5. The molecule has 0 unspecified atom stereocenters. The number of amides is 2. The molecule has 0 saturated heterocycles. The van der Waals surface area contributed by atoms with Crippen molar-refractivity contribution in [1.29, 1.82) is 0 Å². The molecule has 2 rings (SSSR count). The highest BCUT2D eigenvalue weighted by Crippen LogP contribution is 2.22. The number of phenolic OH excluding ortho intramolecular Hbond substituents is 1. The van der Waals surface area contributed by atoms with E-state index in [0.29, 0.717) is 17.0 Å². The summed E-state index contributed by atoms with van der Waals surface area (Å²) in [5.74, 6) is -1.38. The van der Waals surface area contributed by atoms with E-state index in [9.17, 15) is 19.5 Å². The van der Waals surface area contributed by atoms with Crippen molar-refractivity contribution < 1.29 is 29.0 Å². The van der Waals surface area contributed by atoms with E-state index in [1.807, 2.05) is 0 Å². The van der Waals surface area contributed by atoms with Gasteiger partial charge in [0.15, 0.2) is 6.61 Å². The SMILES string of the molecule is COc1cccc(NC(=O)CN(C)C(=O)COC(=O)c2cccc(C)c2O)c1. The summed E-state index contributed by atoms with van der Waals surface area (Å²) in [7, 11) is 2.94. The summed E-state index contributed by atoms with van der Waals surface area (Å²) in [5.41, 5.74) is 1.03. The summed E-state index contributed by atoms with van der Waals surface area (Å²) in [6, 6.07) is 11.5. The van der Waals surface area contributed by atoms with E-state index in [-0.39, 0.29) is 17.9 Å². The Morgan fingerprint density at radius 1 is 1.14 bits per heavy atom. The molecule has 0 heterocycles. The van der Waals surface area contributed by atoms with Crippen molar-refractivity contribution in [3.63, 3.8) is 0 Å². The van der Waals surface area contributed by atoms with E-state index < -0.39 is 24.4 Å². The van der Waals surface area contributed by atoms with Gasteiger partial charge in [-0.05, 0) is 30.7 Å². The molecule has 0 radical (unpaired) electrons. The predicted octanol–water partition coefficient (Wildman–Crippen LogP) is 1.96. The molecule has 2 aromatic rings. The molecule has 0 bridgehead atoms. The minimum absolute atomic E-state index is 0.0220. The largest absolute Gasteiger partial charge is 0.507 e. The third-order valence-electron chi connectivity index (χ3n) is 3.94. The van der Waals surface area contributed by atoms with Crippen LogP contribution in [0.2, 0.25) is 0 Å². The fourth-order valence-corrected chi connectivity index (χ4v) is 2.34. The second kappa shape index (κ2) is 9.40. The fraction of sp³-hybridized carbons (Fsp3) is 0.250. The quantitative estimate of drug-likeness (QED) is 0.705. The zero-order valence-electron chi connectivity index (χ0n) is 15.9. The Bertz CT molecular complexity index is 881.